The van der Waals surface area contributed by atoms with E-state index in [0.29, 0.717) is 13.1 Å². The van der Waals surface area contributed by atoms with Crippen molar-refractivity contribution in [3.63, 3.8) is 0 Å². The van der Waals surface area contributed by atoms with Crippen molar-refractivity contribution in [1.82, 2.24) is 14.5 Å². The van der Waals surface area contributed by atoms with Crippen LogP contribution in [0, 0.1) is 5.92 Å². The van der Waals surface area contributed by atoms with Crippen molar-refractivity contribution < 1.29 is 17.9 Å². The Morgan fingerprint density at radius 1 is 1.10 bits per heavy atom. The molecule has 0 spiro atoms. The topological polar surface area (TPSA) is 79.0 Å². The number of hydrogen-bond acceptors (Lipinski definition) is 5. The van der Waals surface area contributed by atoms with E-state index in [-0.39, 0.29) is 24.0 Å². The van der Waals surface area contributed by atoms with Crippen LogP contribution in [0.3, 0.4) is 0 Å². The molecular weight excluding hydrogens is 402 g/mol. The van der Waals surface area contributed by atoms with E-state index in [1.165, 1.54) is 11.8 Å². The number of hydrogen-bond donors (Lipinski definition) is 1. The maximum absolute atomic E-state index is 12.7. The lowest BCUT2D eigenvalue weighted by Crippen LogP contribution is -2.47. The third-order valence-electron chi connectivity index (χ3n) is 5.89. The molecule has 0 bridgehead atoms. The smallest absolute Gasteiger partial charge is 0.224 e. The third kappa shape index (κ3) is 6.18. The fourth-order valence-electron chi connectivity index (χ4n) is 4.56. The van der Waals surface area contributed by atoms with E-state index < -0.39 is 10.0 Å². The SMILES string of the molecule is CC(C)Oc1ccc(CN2CCCN(S(C)(=O)=O)[C@H]3CCC[C@H]3C(=O)NCC2)cc1. The Hall–Kier alpha value is -1.64. The molecule has 0 radical (unpaired) electrons. The molecule has 0 aromatic heterocycles. The van der Waals surface area contributed by atoms with Crippen molar-refractivity contribution >= 4 is 15.9 Å². The molecule has 2 atom stereocenters. The Morgan fingerprint density at radius 2 is 1.83 bits per heavy atom. The minimum Gasteiger partial charge on any atom is -0.491 e. The average Bonchev–Trinajstić information content (AvgIpc) is 3.13. The van der Waals surface area contributed by atoms with E-state index in [1.807, 2.05) is 26.0 Å². The van der Waals surface area contributed by atoms with E-state index in [1.54, 1.807) is 4.31 Å². The van der Waals surface area contributed by atoms with Crippen LogP contribution in [-0.2, 0) is 21.4 Å². The first-order valence-corrected chi connectivity index (χ1v) is 12.8. The Labute approximate surface area is 180 Å². The standard InChI is InChI=1S/C22H35N3O4S/c1-17(2)29-19-10-8-18(9-11-19)16-24-13-5-14-25(30(3,27)28)21-7-4-6-20(21)22(26)23-12-15-24/h8-11,17,20-21H,4-7,12-16H2,1-3H3,(H,23,26)/t20-,21+/m1/s1. The van der Waals surface area contributed by atoms with Gasteiger partial charge in [0.15, 0.2) is 0 Å². The second-order valence-electron chi connectivity index (χ2n) is 8.71. The largest absolute Gasteiger partial charge is 0.491 e. The summed E-state index contributed by atoms with van der Waals surface area (Å²) in [5, 5.41) is 3.05. The van der Waals surface area contributed by atoms with E-state index in [0.717, 1.165) is 51.1 Å². The van der Waals surface area contributed by atoms with E-state index in [9.17, 15) is 13.2 Å². The van der Waals surface area contributed by atoms with Crippen LogP contribution in [0.2, 0.25) is 0 Å². The van der Waals surface area contributed by atoms with Gasteiger partial charge in [-0.3, -0.25) is 9.69 Å². The van der Waals surface area contributed by atoms with Crippen LogP contribution in [-0.4, -0.2) is 68.1 Å². The lowest BCUT2D eigenvalue weighted by molar-refractivity contribution is -0.125. The molecule has 7 nitrogen and oxygen atoms in total. The first-order chi connectivity index (χ1) is 14.2. The van der Waals surface area contributed by atoms with Crippen molar-refractivity contribution in [2.45, 2.75) is 58.2 Å². The molecule has 1 saturated heterocycles. The van der Waals surface area contributed by atoms with Crippen LogP contribution in [0.4, 0.5) is 0 Å². The summed E-state index contributed by atoms with van der Waals surface area (Å²) in [7, 11) is -3.35. The molecule has 1 aliphatic heterocycles. The Balaban J connectivity index is 1.68. The number of carbonyl (C=O) groups excluding carboxylic acids is 1. The first kappa shape index (κ1) is 23.0. The normalized spacial score (nSPS) is 24.9. The number of sulfonamides is 1. The van der Waals surface area contributed by atoms with Crippen LogP contribution < -0.4 is 10.1 Å². The first-order valence-electron chi connectivity index (χ1n) is 11.0. The predicted octanol–water partition coefficient (Wildman–Crippen LogP) is 2.23. The maximum Gasteiger partial charge on any atom is 0.224 e. The van der Waals surface area contributed by atoms with Crippen LogP contribution in [0.15, 0.2) is 24.3 Å². The minimum atomic E-state index is -3.35. The van der Waals surface area contributed by atoms with Crippen LogP contribution in [0.1, 0.15) is 45.1 Å². The zero-order valence-corrected chi connectivity index (χ0v) is 19.2. The Bertz CT molecular complexity index is 810. The summed E-state index contributed by atoms with van der Waals surface area (Å²) in [4.78, 5) is 15.0. The van der Waals surface area contributed by atoms with Gasteiger partial charge in [0.1, 0.15) is 5.75 Å². The van der Waals surface area contributed by atoms with Gasteiger partial charge in [0.25, 0.3) is 0 Å². The molecular formula is C22H35N3O4S. The Kier molecular flexibility index (Phi) is 7.76. The van der Waals surface area contributed by atoms with Crippen LogP contribution >= 0.6 is 0 Å². The second-order valence-corrected chi connectivity index (χ2v) is 10.6. The number of amides is 1. The summed E-state index contributed by atoms with van der Waals surface area (Å²) in [5.74, 6) is 0.608. The minimum absolute atomic E-state index is 0.0109. The number of ether oxygens (including phenoxy) is 1. The lowest BCUT2D eigenvalue weighted by Gasteiger charge is -2.30. The van der Waals surface area contributed by atoms with E-state index in [2.05, 4.69) is 22.3 Å². The highest BCUT2D eigenvalue weighted by molar-refractivity contribution is 7.88. The molecule has 1 amide bonds. The summed E-state index contributed by atoms with van der Waals surface area (Å²) in [6, 6.07) is 7.88. The van der Waals surface area contributed by atoms with Gasteiger partial charge < -0.3 is 10.1 Å². The molecule has 1 aromatic rings. The van der Waals surface area contributed by atoms with Gasteiger partial charge in [-0.1, -0.05) is 18.6 Å². The van der Waals surface area contributed by atoms with Gasteiger partial charge in [-0.25, -0.2) is 8.42 Å². The number of fused-ring (bicyclic) bond motifs is 1. The monoisotopic (exact) mass is 437 g/mol. The molecule has 0 unspecified atom stereocenters. The van der Waals surface area contributed by atoms with Crippen molar-refractivity contribution in [3.8, 4) is 5.75 Å². The zero-order valence-electron chi connectivity index (χ0n) is 18.3. The van der Waals surface area contributed by atoms with Crippen LogP contribution in [0.5, 0.6) is 5.75 Å². The number of rotatable bonds is 5. The molecule has 1 N–H and O–H groups in total. The number of nitrogens with zero attached hydrogens (tertiary/aromatic N) is 2. The highest BCUT2D eigenvalue weighted by Gasteiger charge is 2.40. The predicted molar refractivity (Wildman–Crippen MR) is 118 cm³/mol. The average molecular weight is 438 g/mol. The third-order valence-corrected chi connectivity index (χ3v) is 7.20. The second kappa shape index (κ2) is 10.1. The molecule has 8 heteroatoms. The lowest BCUT2D eigenvalue weighted by atomic mass is 10.0. The summed E-state index contributed by atoms with van der Waals surface area (Å²) in [6.45, 7) is 7.33. The summed E-state index contributed by atoms with van der Waals surface area (Å²) in [6.07, 6.45) is 4.58. The molecule has 30 heavy (non-hydrogen) atoms. The molecule has 2 fully saturated rings. The van der Waals surface area contributed by atoms with Gasteiger partial charge in [0.05, 0.1) is 18.3 Å². The van der Waals surface area contributed by atoms with Gasteiger partial charge in [-0.15, -0.1) is 0 Å². The molecule has 2 aliphatic rings. The highest BCUT2D eigenvalue weighted by Crippen LogP contribution is 2.32. The van der Waals surface area contributed by atoms with Crippen molar-refractivity contribution in [3.05, 3.63) is 29.8 Å². The van der Waals surface area contributed by atoms with E-state index in [4.69, 9.17) is 4.74 Å². The van der Waals surface area contributed by atoms with Gasteiger partial charge in [0, 0.05) is 32.2 Å². The van der Waals surface area contributed by atoms with Gasteiger partial charge in [-0.05, 0) is 57.4 Å². The number of benzene rings is 1. The molecule has 1 heterocycles. The highest BCUT2D eigenvalue weighted by atomic mass is 32.2. The Morgan fingerprint density at radius 3 is 2.50 bits per heavy atom. The summed E-state index contributed by atoms with van der Waals surface area (Å²) in [5.41, 5.74) is 1.17. The van der Waals surface area contributed by atoms with Crippen molar-refractivity contribution in [1.29, 1.82) is 0 Å². The molecule has 168 valence electrons. The molecule has 1 aliphatic carbocycles. The van der Waals surface area contributed by atoms with Gasteiger partial charge in [0.2, 0.25) is 15.9 Å². The van der Waals surface area contributed by atoms with Crippen LogP contribution in [0.25, 0.3) is 0 Å². The fourth-order valence-corrected chi connectivity index (χ4v) is 5.77. The summed E-state index contributed by atoms with van der Waals surface area (Å²) < 4.78 is 32.2. The maximum atomic E-state index is 12.7. The van der Waals surface area contributed by atoms with Gasteiger partial charge in [-0.2, -0.15) is 4.31 Å². The molecule has 1 saturated carbocycles. The number of nitrogens with one attached hydrogen (secondary N) is 1. The van der Waals surface area contributed by atoms with Crippen molar-refractivity contribution in [2.75, 3.05) is 32.4 Å². The van der Waals surface area contributed by atoms with E-state index >= 15 is 0 Å². The molecule has 1 aromatic carbocycles. The number of carbonyl (C=O) groups is 1. The zero-order chi connectivity index (χ0) is 21.7. The molecule has 3 rings (SSSR count). The summed E-state index contributed by atoms with van der Waals surface area (Å²) >= 11 is 0. The van der Waals surface area contributed by atoms with Crippen molar-refractivity contribution in [2.24, 2.45) is 5.92 Å². The van der Waals surface area contributed by atoms with Gasteiger partial charge >= 0.3 is 0 Å². The fraction of sp³-hybridized carbons (Fsp3) is 0.682. The quantitative estimate of drug-likeness (QED) is 0.764.